The second kappa shape index (κ2) is 2.80. The predicted molar refractivity (Wildman–Crippen MR) is 44.6 cm³/mol. The lowest BCUT2D eigenvalue weighted by Gasteiger charge is -2.28. The smallest absolute Gasteiger partial charge is 0.0637 e. The molecule has 2 heterocycles. The average Bonchev–Trinajstić information content (AvgIpc) is 1.90. The topological polar surface area (TPSA) is 24.9 Å². The van der Waals surface area contributed by atoms with Crippen molar-refractivity contribution in [2.75, 3.05) is 6.54 Å². The molecule has 1 fully saturated rings. The molecule has 1 aromatic heterocycles. The number of hydrogen-bond donors (Lipinski definition) is 1. The summed E-state index contributed by atoms with van der Waals surface area (Å²) in [6.45, 7) is 1.10. The predicted octanol–water partition coefficient (Wildman–Crippen LogP) is 1.77. The summed E-state index contributed by atoms with van der Waals surface area (Å²) in [5, 5.41) is 4.06. The zero-order valence-electron chi connectivity index (χ0n) is 6.05. The van der Waals surface area contributed by atoms with Gasteiger partial charge in [-0.05, 0) is 24.6 Å². The van der Waals surface area contributed by atoms with Gasteiger partial charge in [0.25, 0.3) is 0 Å². The van der Waals surface area contributed by atoms with E-state index in [2.05, 4.69) is 10.3 Å². The molecule has 2 nitrogen and oxygen atoms in total. The van der Waals surface area contributed by atoms with E-state index in [1.165, 1.54) is 12.0 Å². The lowest BCUT2D eigenvalue weighted by Crippen LogP contribution is -2.35. The van der Waals surface area contributed by atoms with Gasteiger partial charge in [-0.2, -0.15) is 0 Å². The van der Waals surface area contributed by atoms with Gasteiger partial charge in [-0.25, -0.2) is 0 Å². The first-order valence-electron chi connectivity index (χ1n) is 3.71. The first kappa shape index (κ1) is 7.07. The summed E-state index contributed by atoms with van der Waals surface area (Å²) < 4.78 is 0. The third-order valence-corrected chi connectivity index (χ3v) is 2.32. The molecule has 0 amide bonds. The standard InChI is InChI=1S/C8H9ClN2/c9-7-5-10-3-1-6(7)8-2-4-11-8/h1,3,5,8,11H,2,4H2/t8-/m1/s1. The van der Waals surface area contributed by atoms with Crippen LogP contribution in [0.3, 0.4) is 0 Å². The van der Waals surface area contributed by atoms with Gasteiger partial charge in [0.1, 0.15) is 0 Å². The molecule has 0 bridgehead atoms. The lowest BCUT2D eigenvalue weighted by molar-refractivity contribution is 0.383. The quantitative estimate of drug-likeness (QED) is 0.692. The molecule has 0 spiro atoms. The number of aromatic nitrogens is 1. The Morgan fingerprint density at radius 3 is 3.00 bits per heavy atom. The third kappa shape index (κ3) is 1.24. The second-order valence-corrected chi connectivity index (χ2v) is 3.10. The Bertz CT molecular complexity index is 258. The van der Waals surface area contributed by atoms with Gasteiger partial charge in [0.15, 0.2) is 0 Å². The van der Waals surface area contributed by atoms with Gasteiger partial charge in [0, 0.05) is 18.4 Å². The summed E-state index contributed by atoms with van der Waals surface area (Å²) in [6, 6.07) is 2.43. The molecule has 1 aliphatic heterocycles. The normalized spacial score (nSPS) is 22.8. The van der Waals surface area contributed by atoms with Gasteiger partial charge in [-0.1, -0.05) is 11.6 Å². The van der Waals surface area contributed by atoms with Gasteiger partial charge in [0.2, 0.25) is 0 Å². The van der Waals surface area contributed by atoms with Crippen molar-refractivity contribution in [3.63, 3.8) is 0 Å². The van der Waals surface area contributed by atoms with Crippen LogP contribution in [0.4, 0.5) is 0 Å². The van der Waals surface area contributed by atoms with Crippen LogP contribution in [0.15, 0.2) is 18.5 Å². The lowest BCUT2D eigenvalue weighted by atomic mass is 9.99. The summed E-state index contributed by atoms with van der Waals surface area (Å²) in [6.07, 6.45) is 4.65. The van der Waals surface area contributed by atoms with Crippen molar-refractivity contribution in [1.82, 2.24) is 10.3 Å². The maximum absolute atomic E-state index is 5.93. The van der Waals surface area contributed by atoms with E-state index in [-0.39, 0.29) is 0 Å². The fraction of sp³-hybridized carbons (Fsp3) is 0.375. The Labute approximate surface area is 70.6 Å². The Morgan fingerprint density at radius 1 is 1.64 bits per heavy atom. The van der Waals surface area contributed by atoms with Gasteiger partial charge >= 0.3 is 0 Å². The SMILES string of the molecule is Clc1cnccc1[C@H]1CCN1. The van der Waals surface area contributed by atoms with E-state index in [9.17, 15) is 0 Å². The van der Waals surface area contributed by atoms with Crippen LogP contribution in [0.5, 0.6) is 0 Å². The number of rotatable bonds is 1. The highest BCUT2D eigenvalue weighted by Crippen LogP contribution is 2.27. The number of nitrogens with one attached hydrogen (secondary N) is 1. The van der Waals surface area contributed by atoms with E-state index < -0.39 is 0 Å². The van der Waals surface area contributed by atoms with Crippen LogP contribution < -0.4 is 5.32 Å². The van der Waals surface area contributed by atoms with Crippen LogP contribution in [-0.2, 0) is 0 Å². The molecule has 3 heteroatoms. The first-order valence-corrected chi connectivity index (χ1v) is 4.08. The highest BCUT2D eigenvalue weighted by molar-refractivity contribution is 6.31. The molecule has 2 rings (SSSR count). The maximum Gasteiger partial charge on any atom is 0.0637 e. The molecule has 11 heavy (non-hydrogen) atoms. The Morgan fingerprint density at radius 2 is 2.45 bits per heavy atom. The van der Waals surface area contributed by atoms with Crippen LogP contribution in [0, 0.1) is 0 Å². The molecule has 0 radical (unpaired) electrons. The first-order chi connectivity index (χ1) is 5.38. The van der Waals surface area contributed by atoms with Crippen molar-refractivity contribution in [3.05, 3.63) is 29.0 Å². The van der Waals surface area contributed by atoms with E-state index in [0.29, 0.717) is 6.04 Å². The summed E-state index contributed by atoms with van der Waals surface area (Å²) in [5.74, 6) is 0. The number of hydrogen-bond acceptors (Lipinski definition) is 2. The van der Waals surface area contributed by atoms with Crippen molar-refractivity contribution in [3.8, 4) is 0 Å². The maximum atomic E-state index is 5.93. The van der Waals surface area contributed by atoms with Crippen LogP contribution >= 0.6 is 11.6 Å². The molecule has 1 saturated heterocycles. The van der Waals surface area contributed by atoms with Gasteiger partial charge in [-0.3, -0.25) is 4.98 Å². The van der Waals surface area contributed by atoms with Crippen molar-refractivity contribution >= 4 is 11.6 Å². The van der Waals surface area contributed by atoms with Crippen molar-refractivity contribution in [2.24, 2.45) is 0 Å². The zero-order valence-corrected chi connectivity index (χ0v) is 6.80. The van der Waals surface area contributed by atoms with Gasteiger partial charge < -0.3 is 5.32 Å². The molecule has 1 atom stereocenters. The van der Waals surface area contributed by atoms with Crippen molar-refractivity contribution < 1.29 is 0 Å². The molecule has 0 saturated carbocycles. The summed E-state index contributed by atoms with van der Waals surface area (Å²) >= 11 is 5.93. The highest BCUT2D eigenvalue weighted by Gasteiger charge is 2.20. The molecule has 0 unspecified atom stereocenters. The largest absolute Gasteiger partial charge is 0.310 e. The molecular formula is C8H9ClN2. The number of nitrogens with zero attached hydrogens (tertiary/aromatic N) is 1. The van der Waals surface area contributed by atoms with E-state index in [0.717, 1.165) is 11.6 Å². The molecule has 0 aromatic carbocycles. The Hall–Kier alpha value is -0.600. The number of halogens is 1. The van der Waals surface area contributed by atoms with Crippen LogP contribution in [0.1, 0.15) is 18.0 Å². The summed E-state index contributed by atoms with van der Waals surface area (Å²) in [7, 11) is 0. The molecular weight excluding hydrogens is 160 g/mol. The van der Waals surface area contributed by atoms with E-state index in [4.69, 9.17) is 11.6 Å². The van der Waals surface area contributed by atoms with Crippen LogP contribution in [0.2, 0.25) is 5.02 Å². The highest BCUT2D eigenvalue weighted by atomic mass is 35.5. The van der Waals surface area contributed by atoms with Crippen molar-refractivity contribution in [2.45, 2.75) is 12.5 Å². The van der Waals surface area contributed by atoms with E-state index in [1.807, 2.05) is 6.07 Å². The molecule has 0 aliphatic carbocycles. The molecule has 1 N–H and O–H groups in total. The summed E-state index contributed by atoms with van der Waals surface area (Å²) in [5.41, 5.74) is 1.17. The molecule has 1 aromatic rings. The molecule has 58 valence electrons. The van der Waals surface area contributed by atoms with Crippen molar-refractivity contribution in [1.29, 1.82) is 0 Å². The molecule has 1 aliphatic rings. The third-order valence-electron chi connectivity index (χ3n) is 2.00. The fourth-order valence-electron chi connectivity index (χ4n) is 1.22. The van der Waals surface area contributed by atoms with Crippen LogP contribution in [0.25, 0.3) is 0 Å². The number of pyridine rings is 1. The van der Waals surface area contributed by atoms with Gasteiger partial charge in [0.05, 0.1) is 5.02 Å². The monoisotopic (exact) mass is 168 g/mol. The average molecular weight is 169 g/mol. The minimum atomic E-state index is 0.463. The van der Waals surface area contributed by atoms with E-state index >= 15 is 0 Å². The van der Waals surface area contributed by atoms with Gasteiger partial charge in [-0.15, -0.1) is 0 Å². The second-order valence-electron chi connectivity index (χ2n) is 2.69. The Balaban J connectivity index is 2.28. The fourth-order valence-corrected chi connectivity index (χ4v) is 1.47. The minimum Gasteiger partial charge on any atom is -0.310 e. The minimum absolute atomic E-state index is 0.463. The zero-order chi connectivity index (χ0) is 7.68. The summed E-state index contributed by atoms with van der Waals surface area (Å²) in [4.78, 5) is 3.93. The van der Waals surface area contributed by atoms with Crippen LogP contribution in [-0.4, -0.2) is 11.5 Å². The Kier molecular flexibility index (Phi) is 1.80. The van der Waals surface area contributed by atoms with E-state index in [1.54, 1.807) is 12.4 Å².